The third-order valence-electron chi connectivity index (χ3n) is 5.24. The van der Waals surface area contributed by atoms with Crippen LogP contribution in [0.3, 0.4) is 0 Å². The molecule has 1 atom stereocenters. The molecule has 3 aliphatic heterocycles. The molecule has 0 unspecified atom stereocenters. The lowest BCUT2D eigenvalue weighted by atomic mass is 10.1. The number of benzene rings is 1. The van der Waals surface area contributed by atoms with Crippen LogP contribution in [0.15, 0.2) is 18.2 Å². The highest BCUT2D eigenvalue weighted by atomic mass is 16.5. The zero-order chi connectivity index (χ0) is 17.2. The largest absolute Gasteiger partial charge is 0.493 e. The number of nitrogens with zero attached hydrogens (tertiary/aromatic N) is 2. The number of ether oxygens (including phenoxy) is 2. The van der Waals surface area contributed by atoms with Crippen molar-refractivity contribution >= 4 is 11.8 Å². The van der Waals surface area contributed by atoms with E-state index in [9.17, 15) is 9.59 Å². The van der Waals surface area contributed by atoms with Crippen molar-refractivity contribution in [3.63, 3.8) is 0 Å². The van der Waals surface area contributed by atoms with Gasteiger partial charge in [-0.15, -0.1) is 0 Å². The molecule has 6 nitrogen and oxygen atoms in total. The summed E-state index contributed by atoms with van der Waals surface area (Å²) >= 11 is 0. The van der Waals surface area contributed by atoms with Crippen LogP contribution in [-0.2, 0) is 16.0 Å². The topological polar surface area (TPSA) is 59.1 Å². The Bertz CT molecular complexity index is 669. The maximum absolute atomic E-state index is 12.8. The van der Waals surface area contributed by atoms with Crippen LogP contribution in [0, 0.1) is 0 Å². The molecule has 0 radical (unpaired) electrons. The predicted molar refractivity (Wildman–Crippen MR) is 91.7 cm³/mol. The number of hydrogen-bond donors (Lipinski definition) is 0. The summed E-state index contributed by atoms with van der Waals surface area (Å²) in [5, 5.41) is 0. The summed E-state index contributed by atoms with van der Waals surface area (Å²) in [6.45, 7) is 3.90. The summed E-state index contributed by atoms with van der Waals surface area (Å²) in [4.78, 5) is 29.1. The Labute approximate surface area is 147 Å². The maximum atomic E-state index is 12.8. The fourth-order valence-electron chi connectivity index (χ4n) is 3.82. The monoisotopic (exact) mass is 344 g/mol. The summed E-state index contributed by atoms with van der Waals surface area (Å²) in [7, 11) is 0. The summed E-state index contributed by atoms with van der Waals surface area (Å²) in [5.41, 5.74) is 1.82. The normalized spacial score (nSPS) is 23.1. The van der Waals surface area contributed by atoms with E-state index in [0.717, 1.165) is 37.0 Å². The Morgan fingerprint density at radius 1 is 1.00 bits per heavy atom. The lowest BCUT2D eigenvalue weighted by Crippen LogP contribution is -2.41. The summed E-state index contributed by atoms with van der Waals surface area (Å²) in [6.07, 6.45) is 3.16. The predicted octanol–water partition coefficient (Wildman–Crippen LogP) is 1.47. The molecule has 1 aromatic carbocycles. The van der Waals surface area contributed by atoms with Crippen LogP contribution in [-0.4, -0.2) is 67.1 Å². The van der Waals surface area contributed by atoms with E-state index in [4.69, 9.17) is 9.47 Å². The quantitative estimate of drug-likeness (QED) is 0.815. The van der Waals surface area contributed by atoms with Crippen molar-refractivity contribution < 1.29 is 19.1 Å². The number of carbonyl (C=O) groups excluding carboxylic acids is 2. The lowest BCUT2D eigenvalue weighted by molar-refractivity contribution is -0.140. The van der Waals surface area contributed by atoms with E-state index in [1.54, 1.807) is 0 Å². The van der Waals surface area contributed by atoms with Crippen molar-refractivity contribution in [2.24, 2.45) is 0 Å². The fourth-order valence-corrected chi connectivity index (χ4v) is 3.82. The highest BCUT2D eigenvalue weighted by Crippen LogP contribution is 2.26. The van der Waals surface area contributed by atoms with Crippen LogP contribution in [0.4, 0.5) is 0 Å². The number of rotatable bonds is 2. The molecule has 0 saturated carbocycles. The van der Waals surface area contributed by atoms with Gasteiger partial charge in [-0.2, -0.15) is 0 Å². The molecule has 0 aromatic heterocycles. The van der Waals surface area contributed by atoms with Gasteiger partial charge in [-0.1, -0.05) is 0 Å². The molecule has 0 N–H and O–H groups in total. The minimum absolute atomic E-state index is 0.0427. The summed E-state index contributed by atoms with van der Waals surface area (Å²) < 4.78 is 11.0. The second-order valence-electron chi connectivity index (χ2n) is 6.89. The van der Waals surface area contributed by atoms with Gasteiger partial charge in [0.05, 0.1) is 6.61 Å². The zero-order valence-electron chi connectivity index (χ0n) is 14.4. The fraction of sp³-hybridized carbons (Fsp3) is 0.579. The van der Waals surface area contributed by atoms with Crippen LogP contribution in [0.5, 0.6) is 5.75 Å². The molecule has 3 heterocycles. The Kier molecular flexibility index (Phi) is 4.61. The molecule has 4 rings (SSSR count). The lowest BCUT2D eigenvalue weighted by Gasteiger charge is -2.24. The number of fused-ring (bicyclic) bond motifs is 1. The van der Waals surface area contributed by atoms with Gasteiger partial charge in [0.25, 0.3) is 11.8 Å². The third kappa shape index (κ3) is 3.35. The van der Waals surface area contributed by atoms with Gasteiger partial charge in [0.15, 0.2) is 0 Å². The SMILES string of the molecule is O=C(c1ccc2c(c1)CCO2)N1CCCN(C(=O)[C@@H]2CCCO2)CC1. The first-order chi connectivity index (χ1) is 12.2. The van der Waals surface area contributed by atoms with Crippen LogP contribution in [0.2, 0.25) is 0 Å². The Morgan fingerprint density at radius 3 is 2.68 bits per heavy atom. The van der Waals surface area contributed by atoms with E-state index in [1.807, 2.05) is 28.0 Å². The highest BCUT2D eigenvalue weighted by molar-refractivity contribution is 5.94. The molecule has 2 saturated heterocycles. The van der Waals surface area contributed by atoms with E-state index in [2.05, 4.69) is 0 Å². The second kappa shape index (κ2) is 7.04. The first kappa shape index (κ1) is 16.4. The maximum Gasteiger partial charge on any atom is 0.253 e. The van der Waals surface area contributed by atoms with Crippen molar-refractivity contribution in [2.75, 3.05) is 39.4 Å². The van der Waals surface area contributed by atoms with Crippen LogP contribution in [0.1, 0.15) is 35.2 Å². The molecular weight excluding hydrogens is 320 g/mol. The Hall–Kier alpha value is -2.08. The minimum atomic E-state index is -0.279. The minimum Gasteiger partial charge on any atom is -0.493 e. The van der Waals surface area contributed by atoms with Gasteiger partial charge < -0.3 is 19.3 Å². The number of amides is 2. The van der Waals surface area contributed by atoms with Gasteiger partial charge in [0.2, 0.25) is 0 Å². The van der Waals surface area contributed by atoms with E-state index >= 15 is 0 Å². The first-order valence-electron chi connectivity index (χ1n) is 9.18. The molecule has 0 aliphatic carbocycles. The second-order valence-corrected chi connectivity index (χ2v) is 6.89. The molecule has 2 fully saturated rings. The van der Waals surface area contributed by atoms with Crippen molar-refractivity contribution in [3.8, 4) is 5.75 Å². The molecule has 134 valence electrons. The molecule has 3 aliphatic rings. The van der Waals surface area contributed by atoms with Crippen LogP contribution < -0.4 is 4.74 Å². The summed E-state index contributed by atoms with van der Waals surface area (Å²) in [5.74, 6) is 1.02. The van der Waals surface area contributed by atoms with Gasteiger partial charge in [0, 0.05) is 44.8 Å². The highest BCUT2D eigenvalue weighted by Gasteiger charge is 2.30. The van der Waals surface area contributed by atoms with Crippen molar-refractivity contribution in [2.45, 2.75) is 31.8 Å². The molecule has 0 spiro atoms. The molecule has 1 aromatic rings. The van der Waals surface area contributed by atoms with Gasteiger partial charge in [-0.05, 0) is 43.0 Å². The van der Waals surface area contributed by atoms with E-state index in [-0.39, 0.29) is 17.9 Å². The van der Waals surface area contributed by atoms with Crippen LogP contribution >= 0.6 is 0 Å². The van der Waals surface area contributed by atoms with Crippen molar-refractivity contribution in [1.29, 1.82) is 0 Å². The third-order valence-corrected chi connectivity index (χ3v) is 5.24. The first-order valence-corrected chi connectivity index (χ1v) is 9.18. The van der Waals surface area contributed by atoms with Gasteiger partial charge >= 0.3 is 0 Å². The van der Waals surface area contributed by atoms with Gasteiger partial charge in [-0.3, -0.25) is 9.59 Å². The average molecular weight is 344 g/mol. The van der Waals surface area contributed by atoms with E-state index in [0.29, 0.717) is 45.0 Å². The molecular formula is C19H24N2O4. The summed E-state index contributed by atoms with van der Waals surface area (Å²) in [6, 6.07) is 5.68. The van der Waals surface area contributed by atoms with Gasteiger partial charge in [-0.25, -0.2) is 0 Å². The standard InChI is InChI=1S/C19H24N2O4/c22-18(15-4-5-16-14(13-15)6-12-25-16)20-7-2-8-21(10-9-20)19(23)17-3-1-11-24-17/h4-5,13,17H,1-3,6-12H2/t17-/m0/s1. The number of hydrogen-bond acceptors (Lipinski definition) is 4. The molecule has 6 heteroatoms. The van der Waals surface area contributed by atoms with Crippen molar-refractivity contribution in [3.05, 3.63) is 29.3 Å². The Balaban J connectivity index is 1.40. The van der Waals surface area contributed by atoms with Gasteiger partial charge in [0.1, 0.15) is 11.9 Å². The van der Waals surface area contributed by atoms with E-state index in [1.165, 1.54) is 0 Å². The molecule has 25 heavy (non-hydrogen) atoms. The molecule has 0 bridgehead atoms. The van der Waals surface area contributed by atoms with E-state index < -0.39 is 0 Å². The smallest absolute Gasteiger partial charge is 0.253 e. The average Bonchev–Trinajstić information content (AvgIpc) is 3.27. The van der Waals surface area contributed by atoms with Crippen molar-refractivity contribution in [1.82, 2.24) is 9.80 Å². The number of carbonyl (C=O) groups is 2. The Morgan fingerprint density at radius 2 is 1.84 bits per heavy atom. The zero-order valence-corrected chi connectivity index (χ0v) is 14.4. The van der Waals surface area contributed by atoms with Crippen LogP contribution in [0.25, 0.3) is 0 Å². The molecule has 2 amide bonds.